The summed E-state index contributed by atoms with van der Waals surface area (Å²) in [6.45, 7) is 1.77. The molecule has 1 amide bonds. The first-order chi connectivity index (χ1) is 9.79. The number of carbonyl (C=O) groups excluding carboxylic acids is 1. The van der Waals surface area contributed by atoms with Crippen LogP contribution in [0, 0.1) is 6.92 Å². The number of hydrogen-bond donors (Lipinski definition) is 1. The Morgan fingerprint density at radius 1 is 1.10 bits per heavy atom. The van der Waals surface area contributed by atoms with Gasteiger partial charge in [0.25, 0.3) is 5.91 Å². The number of rotatable bonds is 2. The number of anilines is 1. The fourth-order valence-corrected chi connectivity index (χ4v) is 1.83. The largest absolute Gasteiger partial charge is 0.416 e. The van der Waals surface area contributed by atoms with Crippen LogP contribution in [0.5, 0.6) is 0 Å². The van der Waals surface area contributed by atoms with Crippen molar-refractivity contribution in [2.24, 2.45) is 0 Å². The highest BCUT2D eigenvalue weighted by atomic mass is 19.4. The molecule has 6 heteroatoms. The van der Waals surface area contributed by atoms with Crippen molar-refractivity contribution < 1.29 is 23.2 Å². The van der Waals surface area contributed by atoms with Crippen LogP contribution in [-0.4, -0.2) is 11.1 Å². The van der Waals surface area contributed by atoms with E-state index in [1.807, 2.05) is 0 Å². The second-order valence-electron chi connectivity index (χ2n) is 4.53. The lowest BCUT2D eigenvalue weighted by Crippen LogP contribution is -2.27. The highest BCUT2D eigenvalue weighted by Gasteiger charge is 2.31. The highest BCUT2D eigenvalue weighted by molar-refractivity contribution is 6.04. The molecule has 0 bridgehead atoms. The molecule has 0 aliphatic carbocycles. The Morgan fingerprint density at radius 2 is 1.76 bits per heavy atom. The molecule has 21 heavy (non-hydrogen) atoms. The van der Waals surface area contributed by atoms with Gasteiger partial charge in [-0.05, 0) is 42.8 Å². The van der Waals surface area contributed by atoms with E-state index in [2.05, 4.69) is 0 Å². The number of carbonyl (C=O) groups is 1. The van der Waals surface area contributed by atoms with Crippen LogP contribution in [0.15, 0.2) is 48.5 Å². The Kier molecular flexibility index (Phi) is 3.99. The summed E-state index contributed by atoms with van der Waals surface area (Å²) in [7, 11) is 0. The van der Waals surface area contributed by atoms with Gasteiger partial charge in [-0.25, -0.2) is 0 Å². The van der Waals surface area contributed by atoms with Gasteiger partial charge in [-0.15, -0.1) is 0 Å². The van der Waals surface area contributed by atoms with Crippen molar-refractivity contribution in [2.45, 2.75) is 13.1 Å². The Morgan fingerprint density at radius 3 is 2.38 bits per heavy atom. The first kappa shape index (κ1) is 15.1. The minimum absolute atomic E-state index is 0.192. The average molecular weight is 295 g/mol. The molecule has 1 N–H and O–H groups in total. The molecule has 2 aromatic carbocycles. The molecule has 2 rings (SSSR count). The molecule has 0 radical (unpaired) electrons. The molecule has 0 unspecified atom stereocenters. The molecule has 0 saturated heterocycles. The zero-order chi connectivity index (χ0) is 15.6. The third kappa shape index (κ3) is 3.41. The summed E-state index contributed by atoms with van der Waals surface area (Å²) in [4.78, 5) is 12.0. The maximum Gasteiger partial charge on any atom is 0.416 e. The van der Waals surface area contributed by atoms with Crippen LogP contribution in [0.2, 0.25) is 0 Å². The molecule has 110 valence electrons. The zero-order valence-corrected chi connectivity index (χ0v) is 11.1. The molecular formula is C15H12F3NO2. The molecule has 0 fully saturated rings. The predicted octanol–water partition coefficient (Wildman–Crippen LogP) is 4.05. The van der Waals surface area contributed by atoms with Gasteiger partial charge >= 0.3 is 6.18 Å². The monoisotopic (exact) mass is 295 g/mol. The van der Waals surface area contributed by atoms with Crippen LogP contribution in [0.3, 0.4) is 0 Å². The molecule has 2 aromatic rings. The summed E-state index contributed by atoms with van der Waals surface area (Å²) in [5, 5.41) is 10.2. The summed E-state index contributed by atoms with van der Waals surface area (Å²) >= 11 is 0. The fraction of sp³-hybridized carbons (Fsp3) is 0.133. The quantitative estimate of drug-likeness (QED) is 0.670. The number of aryl methyl sites for hydroxylation is 1. The summed E-state index contributed by atoms with van der Waals surface area (Å²) in [5.41, 5.74) is -0.180. The highest BCUT2D eigenvalue weighted by Crippen LogP contribution is 2.30. The minimum atomic E-state index is -4.54. The molecular weight excluding hydrogens is 283 g/mol. The molecule has 0 heterocycles. The summed E-state index contributed by atoms with van der Waals surface area (Å²) in [6, 6.07) is 10.4. The Labute approximate surface area is 119 Å². The molecule has 0 aliphatic heterocycles. The van der Waals surface area contributed by atoms with Crippen molar-refractivity contribution >= 4 is 11.6 Å². The van der Waals surface area contributed by atoms with Gasteiger partial charge in [0.15, 0.2) is 0 Å². The van der Waals surface area contributed by atoms with E-state index < -0.39 is 17.6 Å². The average Bonchev–Trinajstić information content (AvgIpc) is 2.45. The van der Waals surface area contributed by atoms with Gasteiger partial charge in [-0.3, -0.25) is 10.0 Å². The van der Waals surface area contributed by atoms with Crippen LogP contribution < -0.4 is 5.06 Å². The van der Waals surface area contributed by atoms with Gasteiger partial charge in [-0.2, -0.15) is 18.2 Å². The molecule has 0 aromatic heterocycles. The van der Waals surface area contributed by atoms with Crippen LogP contribution in [-0.2, 0) is 6.18 Å². The van der Waals surface area contributed by atoms with Crippen molar-refractivity contribution in [3.8, 4) is 0 Å². The number of amides is 1. The summed E-state index contributed by atoms with van der Waals surface area (Å²) < 4.78 is 37.9. The van der Waals surface area contributed by atoms with Gasteiger partial charge in [0.05, 0.1) is 11.3 Å². The van der Waals surface area contributed by atoms with Crippen LogP contribution in [0.1, 0.15) is 21.5 Å². The lowest BCUT2D eigenvalue weighted by Gasteiger charge is -2.16. The van der Waals surface area contributed by atoms with E-state index in [0.717, 1.165) is 17.7 Å². The van der Waals surface area contributed by atoms with Crippen molar-refractivity contribution in [3.63, 3.8) is 0 Å². The van der Waals surface area contributed by atoms with Crippen molar-refractivity contribution in [1.82, 2.24) is 0 Å². The lowest BCUT2D eigenvalue weighted by molar-refractivity contribution is -0.137. The Balaban J connectivity index is 2.32. The van der Waals surface area contributed by atoms with E-state index >= 15 is 0 Å². The van der Waals surface area contributed by atoms with Gasteiger partial charge in [0.1, 0.15) is 0 Å². The van der Waals surface area contributed by atoms with E-state index in [0.29, 0.717) is 11.1 Å². The number of alkyl halides is 3. The van der Waals surface area contributed by atoms with Crippen LogP contribution in [0.4, 0.5) is 18.9 Å². The normalized spacial score (nSPS) is 11.3. The zero-order valence-electron chi connectivity index (χ0n) is 11.1. The maximum atomic E-state index is 12.6. The van der Waals surface area contributed by atoms with E-state index in [1.165, 1.54) is 12.1 Å². The topological polar surface area (TPSA) is 40.5 Å². The second kappa shape index (κ2) is 5.57. The second-order valence-corrected chi connectivity index (χ2v) is 4.53. The predicted molar refractivity (Wildman–Crippen MR) is 71.2 cm³/mol. The SMILES string of the molecule is Cc1cccc(N(O)C(=O)c2cccc(C(F)(F)F)c2)c1. The lowest BCUT2D eigenvalue weighted by atomic mass is 10.1. The summed E-state index contributed by atoms with van der Waals surface area (Å²) in [6.07, 6.45) is -4.54. The molecule has 0 atom stereocenters. The standard InChI is InChI=1S/C15H12F3NO2/c1-10-4-2-7-13(8-10)19(21)14(20)11-5-3-6-12(9-11)15(16,17)18/h2-9,21H,1H3. The van der Waals surface area contributed by atoms with Crippen LogP contribution in [0.25, 0.3) is 0 Å². The fourth-order valence-electron chi connectivity index (χ4n) is 1.83. The number of hydroxylamine groups is 1. The third-order valence-corrected chi connectivity index (χ3v) is 2.88. The van der Waals surface area contributed by atoms with Gasteiger partial charge in [-0.1, -0.05) is 18.2 Å². The Bertz CT molecular complexity index is 668. The molecule has 3 nitrogen and oxygen atoms in total. The van der Waals surface area contributed by atoms with E-state index in [4.69, 9.17) is 0 Å². The van der Waals surface area contributed by atoms with Gasteiger partial charge in [0, 0.05) is 5.56 Å². The van der Waals surface area contributed by atoms with Gasteiger partial charge < -0.3 is 0 Å². The first-order valence-electron chi connectivity index (χ1n) is 6.06. The van der Waals surface area contributed by atoms with Crippen molar-refractivity contribution in [2.75, 3.05) is 5.06 Å². The van der Waals surface area contributed by atoms with Crippen molar-refractivity contribution in [1.29, 1.82) is 0 Å². The molecule has 0 saturated carbocycles. The number of hydrogen-bond acceptors (Lipinski definition) is 2. The molecule has 0 aliphatic rings. The first-order valence-corrected chi connectivity index (χ1v) is 6.06. The third-order valence-electron chi connectivity index (χ3n) is 2.88. The summed E-state index contributed by atoms with van der Waals surface area (Å²) in [5.74, 6) is -0.924. The minimum Gasteiger partial charge on any atom is -0.281 e. The molecule has 0 spiro atoms. The Hall–Kier alpha value is -2.34. The van der Waals surface area contributed by atoms with E-state index in [1.54, 1.807) is 25.1 Å². The number of halogens is 3. The van der Waals surface area contributed by atoms with E-state index in [9.17, 15) is 23.2 Å². The number of nitrogens with zero attached hydrogens (tertiary/aromatic N) is 1. The smallest absolute Gasteiger partial charge is 0.281 e. The van der Waals surface area contributed by atoms with E-state index in [-0.39, 0.29) is 11.3 Å². The number of benzene rings is 2. The van der Waals surface area contributed by atoms with Gasteiger partial charge in [0.2, 0.25) is 0 Å². The van der Waals surface area contributed by atoms with Crippen LogP contribution >= 0.6 is 0 Å². The maximum absolute atomic E-state index is 12.6. The van der Waals surface area contributed by atoms with Crippen molar-refractivity contribution in [3.05, 3.63) is 65.2 Å².